The number of amides is 4. The van der Waals surface area contributed by atoms with Crippen molar-refractivity contribution < 1.29 is 38.2 Å². The SMILES string of the molecule is COCc1ccc(NC(=O)[C@H](CCCNC(N)=O)CC(=O)[C@@H](NC(C)=O)C(C)C)cc1OCC(=O)CCCCCC(=O)CBr. The van der Waals surface area contributed by atoms with Crippen LogP contribution in [-0.2, 0) is 35.3 Å². The second kappa shape index (κ2) is 21.4. The van der Waals surface area contributed by atoms with E-state index >= 15 is 0 Å². The summed E-state index contributed by atoms with van der Waals surface area (Å²) in [6.07, 6.45) is 3.55. The summed E-state index contributed by atoms with van der Waals surface area (Å²) in [5.41, 5.74) is 6.23. The van der Waals surface area contributed by atoms with Crippen LogP contribution in [0.1, 0.15) is 77.7 Å². The molecular weight excluding hydrogens is 636 g/mol. The molecule has 5 N–H and O–H groups in total. The zero-order valence-electron chi connectivity index (χ0n) is 26.2. The van der Waals surface area contributed by atoms with Gasteiger partial charge in [0.15, 0.2) is 11.6 Å². The number of carbonyl (C=O) groups excluding carboxylic acids is 6. The molecule has 0 unspecified atom stereocenters. The molecule has 0 saturated heterocycles. The third kappa shape index (κ3) is 15.9. The predicted octanol–water partition coefficient (Wildman–Crippen LogP) is 3.82. The standard InChI is InChI=1S/C31H47BrN4O8/c1-20(2)29(35-21(3)37)27(40)15-22(9-8-14-34-31(33)42)30(41)36-24-13-12-23(18-43-4)28(16-24)44-19-26(39)11-7-5-6-10-25(38)17-32/h12-13,16,20,22,29H,5-11,14-15,17-19H2,1-4H3,(H,35,37)(H,36,41)(H3,33,34,42)/t22-,29+/m1/s1. The summed E-state index contributed by atoms with van der Waals surface area (Å²) in [5.74, 6) is -1.52. The number of methoxy groups -OCH3 is 1. The van der Waals surface area contributed by atoms with Crippen molar-refractivity contribution in [3.8, 4) is 5.75 Å². The molecule has 2 atom stereocenters. The lowest BCUT2D eigenvalue weighted by atomic mass is 9.89. The number of anilines is 1. The molecule has 0 aromatic heterocycles. The van der Waals surface area contributed by atoms with Crippen LogP contribution in [0.5, 0.6) is 5.75 Å². The molecule has 0 aliphatic carbocycles. The highest BCUT2D eigenvalue weighted by Crippen LogP contribution is 2.26. The quantitative estimate of drug-likeness (QED) is 0.0992. The van der Waals surface area contributed by atoms with Gasteiger partial charge in [0.2, 0.25) is 11.8 Å². The maximum absolute atomic E-state index is 13.4. The number of benzene rings is 1. The van der Waals surface area contributed by atoms with Gasteiger partial charge in [-0.1, -0.05) is 42.3 Å². The van der Waals surface area contributed by atoms with Crippen molar-refractivity contribution in [3.05, 3.63) is 23.8 Å². The molecule has 0 aliphatic heterocycles. The third-order valence-electron chi connectivity index (χ3n) is 6.80. The van der Waals surface area contributed by atoms with Gasteiger partial charge in [0.25, 0.3) is 0 Å². The molecule has 4 amide bonds. The van der Waals surface area contributed by atoms with Crippen LogP contribution in [0.3, 0.4) is 0 Å². The van der Waals surface area contributed by atoms with Crippen molar-refractivity contribution in [2.75, 3.05) is 30.9 Å². The topological polar surface area (TPSA) is 183 Å². The van der Waals surface area contributed by atoms with E-state index in [4.69, 9.17) is 15.2 Å². The van der Waals surface area contributed by atoms with Crippen LogP contribution in [0.15, 0.2) is 18.2 Å². The summed E-state index contributed by atoms with van der Waals surface area (Å²) >= 11 is 3.14. The first-order chi connectivity index (χ1) is 20.9. The van der Waals surface area contributed by atoms with Crippen molar-refractivity contribution in [1.29, 1.82) is 0 Å². The van der Waals surface area contributed by atoms with Gasteiger partial charge in [-0.05, 0) is 37.7 Å². The Balaban J connectivity index is 2.96. The summed E-state index contributed by atoms with van der Waals surface area (Å²) in [6.45, 7) is 5.26. The van der Waals surface area contributed by atoms with Gasteiger partial charge in [-0.2, -0.15) is 0 Å². The number of ketones is 3. The lowest BCUT2D eigenvalue weighted by Gasteiger charge is -2.23. The first kappa shape index (κ1) is 38.7. The Labute approximate surface area is 268 Å². The molecule has 246 valence electrons. The van der Waals surface area contributed by atoms with E-state index in [2.05, 4.69) is 31.9 Å². The largest absolute Gasteiger partial charge is 0.485 e. The lowest BCUT2D eigenvalue weighted by Crippen LogP contribution is -2.44. The minimum absolute atomic E-state index is 0.0864. The molecule has 0 heterocycles. The highest BCUT2D eigenvalue weighted by molar-refractivity contribution is 9.09. The van der Waals surface area contributed by atoms with Gasteiger partial charge < -0.3 is 31.2 Å². The molecule has 0 radical (unpaired) electrons. The highest BCUT2D eigenvalue weighted by atomic mass is 79.9. The monoisotopic (exact) mass is 682 g/mol. The van der Waals surface area contributed by atoms with E-state index in [1.165, 1.54) is 14.0 Å². The van der Waals surface area contributed by atoms with E-state index in [9.17, 15) is 28.8 Å². The zero-order valence-corrected chi connectivity index (χ0v) is 27.8. The van der Waals surface area contributed by atoms with Gasteiger partial charge in [0.05, 0.1) is 18.0 Å². The van der Waals surface area contributed by atoms with Crippen molar-refractivity contribution >= 4 is 56.8 Å². The number of primary amides is 1. The van der Waals surface area contributed by atoms with Crippen LogP contribution in [0.4, 0.5) is 10.5 Å². The van der Waals surface area contributed by atoms with Crippen molar-refractivity contribution in [1.82, 2.24) is 10.6 Å². The Hall–Kier alpha value is -3.32. The molecule has 44 heavy (non-hydrogen) atoms. The fourth-order valence-electron chi connectivity index (χ4n) is 4.50. The van der Waals surface area contributed by atoms with Crippen molar-refractivity contribution in [3.63, 3.8) is 0 Å². The van der Waals surface area contributed by atoms with Crippen LogP contribution in [0.25, 0.3) is 0 Å². The molecule has 1 aromatic rings. The van der Waals surface area contributed by atoms with Gasteiger partial charge in [0, 0.05) is 63.1 Å². The number of carbonyl (C=O) groups is 6. The number of alkyl halides is 1. The molecule has 0 spiro atoms. The van der Waals surface area contributed by atoms with Gasteiger partial charge in [-0.15, -0.1) is 0 Å². The van der Waals surface area contributed by atoms with Crippen LogP contribution < -0.4 is 26.4 Å². The molecule has 1 rings (SSSR count). The molecule has 0 fully saturated rings. The second-order valence-corrected chi connectivity index (χ2v) is 11.6. The average Bonchev–Trinajstić information content (AvgIpc) is 2.96. The molecule has 0 saturated carbocycles. The molecule has 13 heteroatoms. The normalized spacial score (nSPS) is 12.2. The Kier molecular flexibility index (Phi) is 18.8. The number of urea groups is 1. The minimum Gasteiger partial charge on any atom is -0.485 e. The van der Waals surface area contributed by atoms with Crippen LogP contribution in [0.2, 0.25) is 0 Å². The van der Waals surface area contributed by atoms with Crippen LogP contribution in [-0.4, -0.2) is 66.8 Å². The van der Waals surface area contributed by atoms with E-state index in [0.29, 0.717) is 48.0 Å². The minimum atomic E-state index is -0.749. The molecule has 0 bridgehead atoms. The second-order valence-electron chi connectivity index (χ2n) is 11.0. The van der Waals surface area contributed by atoms with E-state index in [-0.39, 0.29) is 61.8 Å². The maximum atomic E-state index is 13.4. The smallest absolute Gasteiger partial charge is 0.312 e. The summed E-state index contributed by atoms with van der Waals surface area (Å²) in [4.78, 5) is 73.1. The average molecular weight is 684 g/mol. The Morgan fingerprint density at radius 2 is 1.66 bits per heavy atom. The number of hydrogen-bond donors (Lipinski definition) is 4. The summed E-state index contributed by atoms with van der Waals surface area (Å²) < 4.78 is 11.1. The Morgan fingerprint density at radius 3 is 2.25 bits per heavy atom. The number of halogens is 1. The van der Waals surface area contributed by atoms with Gasteiger partial charge >= 0.3 is 6.03 Å². The van der Waals surface area contributed by atoms with E-state index in [1.54, 1.807) is 18.2 Å². The van der Waals surface area contributed by atoms with E-state index in [0.717, 1.165) is 12.8 Å². The highest BCUT2D eigenvalue weighted by Gasteiger charge is 2.29. The molecule has 12 nitrogen and oxygen atoms in total. The zero-order chi connectivity index (χ0) is 33.1. The Bertz CT molecular complexity index is 1130. The molecular formula is C31H47BrN4O8. The maximum Gasteiger partial charge on any atom is 0.312 e. The summed E-state index contributed by atoms with van der Waals surface area (Å²) in [5, 5.41) is 8.32. The molecule has 1 aromatic carbocycles. The predicted molar refractivity (Wildman–Crippen MR) is 171 cm³/mol. The van der Waals surface area contributed by atoms with Crippen molar-refractivity contribution in [2.24, 2.45) is 17.6 Å². The van der Waals surface area contributed by atoms with Gasteiger partial charge in [-0.3, -0.25) is 24.0 Å². The lowest BCUT2D eigenvalue weighted by molar-refractivity contribution is -0.130. The number of hydrogen-bond acceptors (Lipinski definition) is 8. The van der Waals surface area contributed by atoms with Gasteiger partial charge in [0.1, 0.15) is 18.1 Å². The molecule has 0 aliphatic rings. The summed E-state index contributed by atoms with van der Waals surface area (Å²) in [6, 6.07) is 3.58. The van der Waals surface area contributed by atoms with Gasteiger partial charge in [-0.25, -0.2) is 4.79 Å². The number of unbranched alkanes of at least 4 members (excludes halogenated alkanes) is 2. The summed E-state index contributed by atoms with van der Waals surface area (Å²) in [7, 11) is 1.53. The van der Waals surface area contributed by atoms with E-state index in [1.807, 2.05) is 13.8 Å². The van der Waals surface area contributed by atoms with Crippen molar-refractivity contribution in [2.45, 2.75) is 84.8 Å². The number of nitrogens with one attached hydrogen (secondary N) is 3. The van der Waals surface area contributed by atoms with Crippen LogP contribution >= 0.6 is 15.9 Å². The first-order valence-corrected chi connectivity index (χ1v) is 16.0. The fraction of sp³-hybridized carbons (Fsp3) is 0.613. The third-order valence-corrected chi connectivity index (χ3v) is 7.43. The van der Waals surface area contributed by atoms with E-state index < -0.39 is 23.9 Å². The fourth-order valence-corrected chi connectivity index (χ4v) is 4.78. The van der Waals surface area contributed by atoms with Crippen LogP contribution in [0, 0.1) is 11.8 Å². The number of ether oxygens (including phenoxy) is 2. The Morgan fingerprint density at radius 1 is 0.977 bits per heavy atom. The number of Topliss-reactive ketones (excluding diaryl/α,β-unsaturated/α-hetero) is 3. The number of rotatable bonds is 23. The number of nitrogens with two attached hydrogens (primary N) is 1. The first-order valence-electron chi connectivity index (χ1n) is 14.9.